The maximum absolute atomic E-state index is 13.2. The summed E-state index contributed by atoms with van der Waals surface area (Å²) in [7, 11) is 1.54. The lowest BCUT2D eigenvalue weighted by atomic mass is 10.2. The summed E-state index contributed by atoms with van der Waals surface area (Å²) in [5, 5.41) is 0. The zero-order valence-electron chi connectivity index (χ0n) is 8.70. The lowest BCUT2D eigenvalue weighted by molar-refractivity contribution is 0.122. The van der Waals surface area contributed by atoms with Crippen molar-refractivity contribution in [1.82, 2.24) is 0 Å². The third-order valence-corrected chi connectivity index (χ3v) is 2.47. The van der Waals surface area contributed by atoms with Crippen LogP contribution in [-0.2, 0) is 4.74 Å². The number of hydrogen-bond donors (Lipinski definition) is 0. The maximum Gasteiger partial charge on any atom is 0.128 e. The van der Waals surface area contributed by atoms with Crippen LogP contribution < -0.4 is 9.64 Å². The fourth-order valence-corrected chi connectivity index (χ4v) is 1.67. The molecule has 0 N–H and O–H groups in total. The van der Waals surface area contributed by atoms with Gasteiger partial charge in [0.25, 0.3) is 0 Å². The Morgan fingerprint density at radius 3 is 2.67 bits per heavy atom. The highest BCUT2D eigenvalue weighted by molar-refractivity contribution is 5.51. The minimum absolute atomic E-state index is 0.268. The molecule has 1 fully saturated rings. The Balaban J connectivity index is 2.22. The standard InChI is InChI=1S/C11H14FNO2/c1-14-11-7-9(12)6-10(8-11)13-2-4-15-5-3-13/h6-8H,2-5H2,1H3. The molecule has 4 heteroatoms. The smallest absolute Gasteiger partial charge is 0.128 e. The van der Waals surface area contributed by atoms with Crippen molar-refractivity contribution in [2.24, 2.45) is 0 Å². The second-order valence-corrected chi connectivity index (χ2v) is 3.45. The molecule has 0 unspecified atom stereocenters. The largest absolute Gasteiger partial charge is 0.497 e. The third-order valence-electron chi connectivity index (χ3n) is 2.47. The number of morpholine rings is 1. The SMILES string of the molecule is COc1cc(F)cc(N2CCOCC2)c1. The van der Waals surface area contributed by atoms with E-state index in [9.17, 15) is 4.39 Å². The second kappa shape index (κ2) is 4.49. The van der Waals surface area contributed by atoms with Crippen LogP contribution in [0.25, 0.3) is 0 Å². The second-order valence-electron chi connectivity index (χ2n) is 3.45. The summed E-state index contributed by atoms with van der Waals surface area (Å²) in [6, 6.07) is 4.74. The molecule has 0 atom stereocenters. The molecule has 1 heterocycles. The van der Waals surface area contributed by atoms with E-state index in [4.69, 9.17) is 9.47 Å². The Labute approximate surface area is 88.4 Å². The number of halogens is 1. The lowest BCUT2D eigenvalue weighted by Gasteiger charge is -2.29. The Hall–Kier alpha value is -1.29. The zero-order chi connectivity index (χ0) is 10.7. The number of rotatable bonds is 2. The summed E-state index contributed by atoms with van der Waals surface area (Å²) in [5.74, 6) is 0.285. The highest BCUT2D eigenvalue weighted by atomic mass is 19.1. The molecule has 0 radical (unpaired) electrons. The molecule has 2 rings (SSSR count). The molecular weight excluding hydrogens is 197 g/mol. The molecule has 0 bridgehead atoms. The van der Waals surface area contributed by atoms with Crippen LogP contribution in [0.3, 0.4) is 0 Å². The fraction of sp³-hybridized carbons (Fsp3) is 0.455. The van der Waals surface area contributed by atoms with Gasteiger partial charge in [0, 0.05) is 30.9 Å². The monoisotopic (exact) mass is 211 g/mol. The molecule has 82 valence electrons. The molecule has 1 aromatic carbocycles. The topological polar surface area (TPSA) is 21.7 Å². The molecule has 15 heavy (non-hydrogen) atoms. The number of ether oxygens (including phenoxy) is 2. The molecular formula is C11H14FNO2. The van der Waals surface area contributed by atoms with Crippen LogP contribution >= 0.6 is 0 Å². The molecule has 1 aromatic rings. The van der Waals surface area contributed by atoms with Gasteiger partial charge in [0.05, 0.1) is 20.3 Å². The molecule has 0 saturated carbocycles. The van der Waals surface area contributed by atoms with Crippen molar-refractivity contribution < 1.29 is 13.9 Å². The highest BCUT2D eigenvalue weighted by Gasteiger charge is 2.12. The molecule has 1 saturated heterocycles. The van der Waals surface area contributed by atoms with Crippen molar-refractivity contribution in [2.45, 2.75) is 0 Å². The minimum atomic E-state index is -0.268. The predicted molar refractivity (Wildman–Crippen MR) is 56.0 cm³/mol. The van der Waals surface area contributed by atoms with E-state index >= 15 is 0 Å². The van der Waals surface area contributed by atoms with Crippen molar-refractivity contribution in [3.8, 4) is 5.75 Å². The van der Waals surface area contributed by atoms with Gasteiger partial charge in [-0.3, -0.25) is 0 Å². The van der Waals surface area contributed by atoms with Gasteiger partial charge in [-0.05, 0) is 6.07 Å². The van der Waals surface area contributed by atoms with Crippen LogP contribution in [0.4, 0.5) is 10.1 Å². The molecule has 1 aliphatic heterocycles. The summed E-state index contributed by atoms with van der Waals surface area (Å²) >= 11 is 0. The quantitative estimate of drug-likeness (QED) is 0.742. The number of methoxy groups -OCH3 is 1. The highest BCUT2D eigenvalue weighted by Crippen LogP contribution is 2.23. The van der Waals surface area contributed by atoms with Crippen molar-refractivity contribution in [2.75, 3.05) is 38.3 Å². The van der Waals surface area contributed by atoms with Gasteiger partial charge >= 0.3 is 0 Å². The summed E-state index contributed by atoms with van der Waals surface area (Å²) in [4.78, 5) is 2.09. The molecule has 3 nitrogen and oxygen atoms in total. The van der Waals surface area contributed by atoms with Crippen molar-refractivity contribution in [3.05, 3.63) is 24.0 Å². The van der Waals surface area contributed by atoms with Crippen molar-refractivity contribution >= 4 is 5.69 Å². The number of hydrogen-bond acceptors (Lipinski definition) is 3. The first kappa shape index (κ1) is 10.2. The Bertz CT molecular complexity index is 337. The molecule has 1 aliphatic rings. The van der Waals surface area contributed by atoms with Crippen LogP contribution in [0, 0.1) is 5.82 Å². The van der Waals surface area contributed by atoms with E-state index in [1.54, 1.807) is 0 Å². The number of nitrogens with zero attached hydrogens (tertiary/aromatic N) is 1. The van der Waals surface area contributed by atoms with E-state index in [1.807, 2.05) is 6.07 Å². The van der Waals surface area contributed by atoms with Crippen LogP contribution in [0.1, 0.15) is 0 Å². The lowest BCUT2D eigenvalue weighted by Crippen LogP contribution is -2.36. The molecule has 0 aromatic heterocycles. The number of benzene rings is 1. The fourth-order valence-electron chi connectivity index (χ4n) is 1.67. The normalized spacial score (nSPS) is 16.5. The van der Waals surface area contributed by atoms with Crippen LogP contribution in [0.2, 0.25) is 0 Å². The van der Waals surface area contributed by atoms with Gasteiger partial charge < -0.3 is 14.4 Å². The third kappa shape index (κ3) is 2.39. The van der Waals surface area contributed by atoms with Crippen LogP contribution in [0.5, 0.6) is 5.75 Å². The molecule has 0 aliphatic carbocycles. The van der Waals surface area contributed by atoms with Gasteiger partial charge in [-0.2, -0.15) is 0 Å². The predicted octanol–water partition coefficient (Wildman–Crippen LogP) is 1.67. The van der Waals surface area contributed by atoms with Crippen LogP contribution in [0.15, 0.2) is 18.2 Å². The van der Waals surface area contributed by atoms with Gasteiger partial charge in [0.1, 0.15) is 11.6 Å². The first-order valence-corrected chi connectivity index (χ1v) is 4.97. The minimum Gasteiger partial charge on any atom is -0.497 e. The van der Waals surface area contributed by atoms with Gasteiger partial charge in [-0.15, -0.1) is 0 Å². The molecule has 0 amide bonds. The number of anilines is 1. The molecule has 0 spiro atoms. The van der Waals surface area contributed by atoms with Gasteiger partial charge in [0.15, 0.2) is 0 Å². The van der Waals surface area contributed by atoms with E-state index in [0.29, 0.717) is 19.0 Å². The summed E-state index contributed by atoms with van der Waals surface area (Å²) in [6.07, 6.45) is 0. The first-order chi connectivity index (χ1) is 7.29. The zero-order valence-corrected chi connectivity index (χ0v) is 8.70. The van der Waals surface area contributed by atoms with Crippen LogP contribution in [-0.4, -0.2) is 33.4 Å². The van der Waals surface area contributed by atoms with E-state index in [0.717, 1.165) is 18.8 Å². The summed E-state index contributed by atoms with van der Waals surface area (Å²) in [6.45, 7) is 2.98. The van der Waals surface area contributed by atoms with E-state index in [-0.39, 0.29) is 5.82 Å². The Kier molecular flexibility index (Phi) is 3.06. The Morgan fingerprint density at radius 2 is 2.00 bits per heavy atom. The summed E-state index contributed by atoms with van der Waals surface area (Å²) < 4.78 is 23.5. The van der Waals surface area contributed by atoms with E-state index < -0.39 is 0 Å². The van der Waals surface area contributed by atoms with E-state index in [1.165, 1.54) is 19.2 Å². The van der Waals surface area contributed by atoms with E-state index in [2.05, 4.69) is 4.90 Å². The van der Waals surface area contributed by atoms with Gasteiger partial charge in [-0.25, -0.2) is 4.39 Å². The van der Waals surface area contributed by atoms with Crippen molar-refractivity contribution in [3.63, 3.8) is 0 Å². The summed E-state index contributed by atoms with van der Waals surface area (Å²) in [5.41, 5.74) is 0.857. The van der Waals surface area contributed by atoms with Gasteiger partial charge in [-0.1, -0.05) is 0 Å². The van der Waals surface area contributed by atoms with Crippen molar-refractivity contribution in [1.29, 1.82) is 0 Å². The average molecular weight is 211 g/mol. The van der Waals surface area contributed by atoms with Gasteiger partial charge in [0.2, 0.25) is 0 Å². The average Bonchev–Trinajstić information content (AvgIpc) is 2.29. The Morgan fingerprint density at radius 1 is 1.27 bits per heavy atom. The maximum atomic E-state index is 13.2. The first-order valence-electron chi connectivity index (χ1n) is 4.97.